The lowest BCUT2D eigenvalue weighted by Crippen LogP contribution is -2.01. The van der Waals surface area contributed by atoms with Crippen LogP contribution >= 0.6 is 24.0 Å². The first-order valence-corrected chi connectivity index (χ1v) is 6.71. The van der Waals surface area contributed by atoms with E-state index in [4.69, 9.17) is 12.2 Å². The summed E-state index contributed by atoms with van der Waals surface area (Å²) in [6, 6.07) is 8.21. The van der Waals surface area contributed by atoms with Gasteiger partial charge in [-0.3, -0.25) is 9.67 Å². The Morgan fingerprint density at radius 2 is 2.19 bits per heavy atom. The van der Waals surface area contributed by atoms with Crippen molar-refractivity contribution < 1.29 is 0 Å². The van der Waals surface area contributed by atoms with Gasteiger partial charge in [-0.05, 0) is 30.6 Å². The number of thioether (sulfide) groups is 1. The van der Waals surface area contributed by atoms with Gasteiger partial charge in [0.15, 0.2) is 4.77 Å². The summed E-state index contributed by atoms with van der Waals surface area (Å²) in [4.78, 5) is 1.20. The Balaban J connectivity index is 2.66. The third-order valence-electron chi connectivity index (χ3n) is 2.38. The van der Waals surface area contributed by atoms with Crippen LogP contribution in [0, 0.1) is 4.77 Å². The molecular weight excluding hydrogens is 238 g/mol. The zero-order valence-corrected chi connectivity index (χ0v) is 10.9. The highest BCUT2D eigenvalue weighted by Crippen LogP contribution is 2.24. The molecule has 0 spiro atoms. The van der Waals surface area contributed by atoms with Gasteiger partial charge in [-0.1, -0.05) is 19.1 Å². The number of para-hydroxylation sites is 1. The molecule has 0 aliphatic rings. The predicted molar refractivity (Wildman–Crippen MR) is 69.9 cm³/mol. The van der Waals surface area contributed by atoms with E-state index >= 15 is 0 Å². The zero-order chi connectivity index (χ0) is 11.5. The Morgan fingerprint density at radius 3 is 2.88 bits per heavy atom. The molecule has 0 atom stereocenters. The van der Waals surface area contributed by atoms with E-state index in [0.29, 0.717) is 4.77 Å². The van der Waals surface area contributed by atoms with Crippen molar-refractivity contribution in [3.8, 4) is 5.69 Å². The summed E-state index contributed by atoms with van der Waals surface area (Å²) in [6.45, 7) is 2.07. The van der Waals surface area contributed by atoms with Crippen molar-refractivity contribution in [3.05, 3.63) is 34.9 Å². The van der Waals surface area contributed by atoms with Gasteiger partial charge < -0.3 is 0 Å². The number of nitrogens with one attached hydrogen (secondary N) is 1. The minimum absolute atomic E-state index is 0.651. The first-order valence-electron chi connectivity index (χ1n) is 5.07. The van der Waals surface area contributed by atoms with Crippen molar-refractivity contribution in [2.24, 2.45) is 0 Å². The molecule has 1 aromatic carbocycles. The molecule has 0 unspecified atom stereocenters. The van der Waals surface area contributed by atoms with Crippen LogP contribution in [0.25, 0.3) is 5.69 Å². The first-order chi connectivity index (χ1) is 7.77. The van der Waals surface area contributed by atoms with Gasteiger partial charge in [-0.25, -0.2) is 0 Å². The highest BCUT2D eigenvalue weighted by Gasteiger charge is 2.09. The van der Waals surface area contributed by atoms with Crippen molar-refractivity contribution in [1.82, 2.24) is 14.8 Å². The van der Waals surface area contributed by atoms with Crippen LogP contribution in [0.2, 0.25) is 0 Å². The third-order valence-corrected chi connectivity index (χ3v) is 3.44. The first kappa shape index (κ1) is 11.4. The van der Waals surface area contributed by atoms with E-state index in [0.717, 1.165) is 17.9 Å². The van der Waals surface area contributed by atoms with E-state index in [1.165, 1.54) is 4.90 Å². The molecule has 0 bridgehead atoms. The highest BCUT2D eigenvalue weighted by molar-refractivity contribution is 7.98. The SMILES string of the molecule is CCc1n[nH]c(=S)n1-c1ccccc1SC. The second-order valence-corrected chi connectivity index (χ2v) is 4.54. The van der Waals surface area contributed by atoms with Crippen LogP contribution < -0.4 is 0 Å². The third kappa shape index (κ3) is 1.92. The number of aryl methyl sites for hydroxylation is 1. The zero-order valence-electron chi connectivity index (χ0n) is 9.23. The molecule has 2 aromatic rings. The highest BCUT2D eigenvalue weighted by atomic mass is 32.2. The fourth-order valence-corrected chi connectivity index (χ4v) is 2.46. The van der Waals surface area contributed by atoms with Crippen LogP contribution in [0.1, 0.15) is 12.7 Å². The molecule has 3 nitrogen and oxygen atoms in total. The second kappa shape index (κ2) is 4.84. The largest absolute Gasteiger partial charge is 0.271 e. The van der Waals surface area contributed by atoms with Crippen LogP contribution in [-0.4, -0.2) is 21.0 Å². The van der Waals surface area contributed by atoms with Gasteiger partial charge in [-0.15, -0.1) is 11.8 Å². The summed E-state index contributed by atoms with van der Waals surface area (Å²) in [6.07, 6.45) is 2.92. The van der Waals surface area contributed by atoms with Crippen molar-refractivity contribution in [3.63, 3.8) is 0 Å². The van der Waals surface area contributed by atoms with E-state index in [1.54, 1.807) is 11.8 Å². The summed E-state index contributed by atoms with van der Waals surface area (Å²) >= 11 is 6.98. The van der Waals surface area contributed by atoms with E-state index in [9.17, 15) is 0 Å². The number of benzene rings is 1. The van der Waals surface area contributed by atoms with Crippen molar-refractivity contribution >= 4 is 24.0 Å². The minimum atomic E-state index is 0.651. The molecule has 0 saturated heterocycles. The molecule has 2 rings (SSSR count). The monoisotopic (exact) mass is 251 g/mol. The molecule has 1 N–H and O–H groups in total. The van der Waals surface area contributed by atoms with Crippen molar-refractivity contribution in [1.29, 1.82) is 0 Å². The molecule has 0 amide bonds. The molecule has 0 fully saturated rings. The van der Waals surface area contributed by atoms with Crippen molar-refractivity contribution in [2.45, 2.75) is 18.2 Å². The summed E-state index contributed by atoms with van der Waals surface area (Å²) < 4.78 is 2.65. The molecule has 0 aliphatic heterocycles. The topological polar surface area (TPSA) is 33.6 Å². The maximum absolute atomic E-state index is 5.26. The maximum Gasteiger partial charge on any atom is 0.199 e. The number of H-pyrrole nitrogens is 1. The fourth-order valence-electron chi connectivity index (χ4n) is 1.63. The van der Waals surface area contributed by atoms with E-state index < -0.39 is 0 Å². The second-order valence-electron chi connectivity index (χ2n) is 3.31. The average Bonchev–Trinajstić information content (AvgIpc) is 2.70. The van der Waals surface area contributed by atoms with Crippen LogP contribution in [0.5, 0.6) is 0 Å². The van der Waals surface area contributed by atoms with Gasteiger partial charge in [0, 0.05) is 11.3 Å². The van der Waals surface area contributed by atoms with Crippen LogP contribution in [0.3, 0.4) is 0 Å². The van der Waals surface area contributed by atoms with Gasteiger partial charge in [0.1, 0.15) is 5.82 Å². The molecule has 5 heteroatoms. The van der Waals surface area contributed by atoms with Gasteiger partial charge in [0.2, 0.25) is 0 Å². The fraction of sp³-hybridized carbons (Fsp3) is 0.273. The molecule has 0 radical (unpaired) electrons. The van der Waals surface area contributed by atoms with Crippen molar-refractivity contribution in [2.75, 3.05) is 6.26 Å². The number of nitrogens with zero attached hydrogens (tertiary/aromatic N) is 2. The Bertz CT molecular complexity index is 542. The van der Waals surface area contributed by atoms with E-state index in [2.05, 4.69) is 35.5 Å². The summed E-state index contributed by atoms with van der Waals surface area (Å²) in [5.41, 5.74) is 1.10. The lowest BCUT2D eigenvalue weighted by Gasteiger charge is -2.09. The summed E-state index contributed by atoms with van der Waals surface area (Å²) in [5.74, 6) is 0.964. The smallest absolute Gasteiger partial charge is 0.199 e. The Kier molecular flexibility index (Phi) is 3.46. The van der Waals surface area contributed by atoms with Gasteiger partial charge >= 0.3 is 0 Å². The molecule has 1 aromatic heterocycles. The molecule has 1 heterocycles. The Hall–Kier alpha value is -1.07. The number of rotatable bonds is 3. The van der Waals surface area contributed by atoms with Crippen LogP contribution in [0.4, 0.5) is 0 Å². The molecular formula is C11H13N3S2. The molecule has 0 saturated carbocycles. The average molecular weight is 251 g/mol. The Morgan fingerprint density at radius 1 is 1.44 bits per heavy atom. The molecule has 0 aliphatic carbocycles. The number of aromatic amines is 1. The lowest BCUT2D eigenvalue weighted by molar-refractivity contribution is 0.869. The summed E-state index contributed by atoms with van der Waals surface area (Å²) in [7, 11) is 0. The molecule has 16 heavy (non-hydrogen) atoms. The predicted octanol–water partition coefficient (Wildman–Crippen LogP) is 3.21. The Labute approximate surface area is 104 Å². The standard InChI is InChI=1S/C11H13N3S2/c1-3-10-12-13-11(15)14(10)8-6-4-5-7-9(8)16-2/h4-7H,3H2,1-2H3,(H,13,15). The maximum atomic E-state index is 5.26. The summed E-state index contributed by atoms with van der Waals surface area (Å²) in [5, 5.41) is 7.07. The van der Waals surface area contributed by atoms with E-state index in [-0.39, 0.29) is 0 Å². The quantitative estimate of drug-likeness (QED) is 0.672. The minimum Gasteiger partial charge on any atom is -0.271 e. The molecule has 84 valence electrons. The van der Waals surface area contributed by atoms with Crippen LogP contribution in [0.15, 0.2) is 29.2 Å². The van der Waals surface area contributed by atoms with Crippen LogP contribution in [-0.2, 0) is 6.42 Å². The van der Waals surface area contributed by atoms with Gasteiger partial charge in [-0.2, -0.15) is 5.10 Å². The number of hydrogen-bond donors (Lipinski definition) is 1. The number of hydrogen-bond acceptors (Lipinski definition) is 3. The van der Waals surface area contributed by atoms with E-state index in [1.807, 2.05) is 16.7 Å². The normalized spacial score (nSPS) is 10.6. The van der Waals surface area contributed by atoms with Gasteiger partial charge in [0.05, 0.1) is 5.69 Å². The van der Waals surface area contributed by atoms with Gasteiger partial charge in [0.25, 0.3) is 0 Å². The lowest BCUT2D eigenvalue weighted by atomic mass is 10.3. The number of aromatic nitrogens is 3.